The van der Waals surface area contributed by atoms with Crippen LogP contribution in [0, 0.1) is 0 Å². The average molecular weight is 400 g/mol. The minimum atomic E-state index is -0.132. The van der Waals surface area contributed by atoms with E-state index in [1.807, 2.05) is 42.5 Å². The number of hydrogen-bond donors (Lipinski definition) is 0. The lowest BCUT2D eigenvalue weighted by atomic mass is 10.1. The summed E-state index contributed by atoms with van der Waals surface area (Å²) in [4.78, 5) is 27.6. The molecule has 0 spiro atoms. The van der Waals surface area contributed by atoms with Gasteiger partial charge in [-0.25, -0.2) is 15.0 Å². The van der Waals surface area contributed by atoms with E-state index in [4.69, 9.17) is 4.98 Å². The quantitative estimate of drug-likeness (QED) is 0.377. The van der Waals surface area contributed by atoms with Gasteiger partial charge in [-0.15, -0.1) is 11.3 Å². The molecule has 1 aliphatic carbocycles. The number of nitrogens with zero attached hydrogens (tertiary/aromatic N) is 3. The number of thioether (sulfide) groups is 1. The number of carbonyl (C=O) groups is 1. The van der Waals surface area contributed by atoms with Crippen LogP contribution >= 0.6 is 23.1 Å². The van der Waals surface area contributed by atoms with Crippen LogP contribution in [0.3, 0.4) is 0 Å². The fourth-order valence-corrected chi connectivity index (χ4v) is 6.15. The number of benzene rings is 2. The van der Waals surface area contributed by atoms with Crippen molar-refractivity contribution in [1.82, 2.24) is 15.0 Å². The molecule has 0 bridgehead atoms. The maximum Gasteiger partial charge on any atom is 0.176 e. The number of aromatic nitrogens is 3. The molecule has 0 radical (unpaired) electrons. The Morgan fingerprint density at radius 2 is 1.89 bits per heavy atom. The molecule has 3 aromatic heterocycles. The Hall–Kier alpha value is -2.83. The molecule has 0 fully saturated rings. The van der Waals surface area contributed by atoms with Crippen molar-refractivity contribution < 1.29 is 4.79 Å². The first-order chi connectivity index (χ1) is 13.8. The van der Waals surface area contributed by atoms with E-state index in [1.165, 1.54) is 0 Å². The zero-order valence-corrected chi connectivity index (χ0v) is 16.3. The Kier molecular flexibility index (Phi) is 3.51. The van der Waals surface area contributed by atoms with E-state index in [0.29, 0.717) is 0 Å². The van der Waals surface area contributed by atoms with Gasteiger partial charge >= 0.3 is 0 Å². The molecular formula is C22H13N3OS2. The van der Waals surface area contributed by atoms with Gasteiger partial charge in [0, 0.05) is 16.3 Å². The molecule has 3 heterocycles. The van der Waals surface area contributed by atoms with E-state index < -0.39 is 0 Å². The second-order valence-electron chi connectivity index (χ2n) is 6.82. The van der Waals surface area contributed by atoms with Crippen molar-refractivity contribution in [3.63, 3.8) is 0 Å². The summed E-state index contributed by atoms with van der Waals surface area (Å²) in [7, 11) is 0. The number of Topliss-reactive ketones (excluding diaryl/α,β-unsaturated/α-hetero) is 1. The average Bonchev–Trinajstić information content (AvgIpc) is 3.25. The van der Waals surface area contributed by atoms with Gasteiger partial charge in [0.1, 0.15) is 16.2 Å². The van der Waals surface area contributed by atoms with E-state index in [1.54, 1.807) is 29.4 Å². The summed E-state index contributed by atoms with van der Waals surface area (Å²) < 4.78 is 1.01. The van der Waals surface area contributed by atoms with Gasteiger partial charge < -0.3 is 0 Å². The van der Waals surface area contributed by atoms with Crippen LogP contribution < -0.4 is 0 Å². The largest absolute Gasteiger partial charge is 0.293 e. The van der Waals surface area contributed by atoms with E-state index in [0.717, 1.165) is 53.9 Å². The molecule has 0 saturated heterocycles. The number of rotatable bonds is 2. The fraction of sp³-hybridized carbons (Fsp3) is 0.0909. The van der Waals surface area contributed by atoms with Crippen molar-refractivity contribution in [2.24, 2.45) is 0 Å². The molecule has 28 heavy (non-hydrogen) atoms. The summed E-state index contributed by atoms with van der Waals surface area (Å²) in [5.74, 6) is 0.192. The molecule has 0 aliphatic heterocycles. The molecule has 0 saturated carbocycles. The molecule has 6 rings (SSSR count). The highest BCUT2D eigenvalue weighted by Crippen LogP contribution is 2.41. The molecule has 5 aromatic rings. The van der Waals surface area contributed by atoms with E-state index in [2.05, 4.69) is 22.1 Å². The molecule has 6 heteroatoms. The van der Waals surface area contributed by atoms with E-state index >= 15 is 0 Å². The number of ketones is 1. The van der Waals surface area contributed by atoms with Crippen molar-refractivity contribution in [2.75, 3.05) is 0 Å². The Morgan fingerprint density at radius 3 is 2.82 bits per heavy atom. The maximum atomic E-state index is 12.8. The first-order valence-electron chi connectivity index (χ1n) is 9.00. The van der Waals surface area contributed by atoms with Crippen LogP contribution in [0.5, 0.6) is 0 Å². The maximum absolute atomic E-state index is 12.8. The van der Waals surface area contributed by atoms with Gasteiger partial charge in [-0.1, -0.05) is 54.2 Å². The van der Waals surface area contributed by atoms with Crippen LogP contribution in [0.1, 0.15) is 15.9 Å². The summed E-state index contributed by atoms with van der Waals surface area (Å²) in [6.45, 7) is 0. The highest BCUT2D eigenvalue weighted by molar-refractivity contribution is 8.01. The van der Waals surface area contributed by atoms with Gasteiger partial charge in [0.2, 0.25) is 0 Å². The van der Waals surface area contributed by atoms with Crippen molar-refractivity contribution in [3.8, 4) is 0 Å². The Morgan fingerprint density at radius 1 is 1.04 bits per heavy atom. The molecule has 2 aromatic carbocycles. The Labute approximate surface area is 168 Å². The van der Waals surface area contributed by atoms with Gasteiger partial charge in [0.05, 0.1) is 21.0 Å². The SMILES string of the molecule is O=C1c2ccccc2C[C@@H]1Sc1ncnc2c1sc1nc3ccccc3cc12. The zero-order valence-electron chi connectivity index (χ0n) is 14.6. The minimum absolute atomic E-state index is 0.132. The first kappa shape index (κ1) is 16.2. The molecule has 0 N–H and O–H groups in total. The summed E-state index contributed by atoms with van der Waals surface area (Å²) in [6, 6.07) is 18.1. The lowest BCUT2D eigenvalue weighted by molar-refractivity contribution is 0.1000. The second-order valence-corrected chi connectivity index (χ2v) is 9.01. The number of fused-ring (bicyclic) bond motifs is 5. The van der Waals surface area contributed by atoms with Crippen LogP contribution in [0.15, 0.2) is 66.0 Å². The predicted molar refractivity (Wildman–Crippen MR) is 114 cm³/mol. The normalized spacial score (nSPS) is 16.3. The second kappa shape index (κ2) is 6.09. The Balaban J connectivity index is 1.47. The minimum Gasteiger partial charge on any atom is -0.293 e. The number of hydrogen-bond acceptors (Lipinski definition) is 6. The molecule has 0 unspecified atom stereocenters. The van der Waals surface area contributed by atoms with Gasteiger partial charge in [0.15, 0.2) is 5.78 Å². The third kappa shape index (κ3) is 2.38. The van der Waals surface area contributed by atoms with E-state index in [9.17, 15) is 4.79 Å². The van der Waals surface area contributed by atoms with Crippen LogP contribution in [-0.4, -0.2) is 26.0 Å². The molecule has 0 amide bonds. The third-order valence-corrected chi connectivity index (χ3v) is 7.57. The summed E-state index contributed by atoms with van der Waals surface area (Å²) in [5, 5.41) is 2.88. The highest BCUT2D eigenvalue weighted by Gasteiger charge is 2.32. The fourth-order valence-electron chi connectivity index (χ4n) is 3.80. The molecule has 4 nitrogen and oxygen atoms in total. The zero-order chi connectivity index (χ0) is 18.7. The van der Waals surface area contributed by atoms with Crippen molar-refractivity contribution >= 4 is 60.2 Å². The van der Waals surface area contributed by atoms with E-state index in [-0.39, 0.29) is 11.0 Å². The van der Waals surface area contributed by atoms with Crippen molar-refractivity contribution in [3.05, 3.63) is 72.1 Å². The number of carbonyl (C=O) groups excluding carboxylic acids is 1. The molecule has 1 aliphatic rings. The van der Waals surface area contributed by atoms with Gasteiger partial charge in [-0.05, 0) is 24.1 Å². The smallest absolute Gasteiger partial charge is 0.176 e. The van der Waals surface area contributed by atoms with Gasteiger partial charge in [0.25, 0.3) is 0 Å². The number of pyridine rings is 1. The van der Waals surface area contributed by atoms with Crippen LogP contribution in [0.4, 0.5) is 0 Å². The molecular weight excluding hydrogens is 386 g/mol. The number of para-hydroxylation sites is 1. The van der Waals surface area contributed by atoms with Crippen LogP contribution in [0.2, 0.25) is 0 Å². The predicted octanol–water partition coefficient (Wildman–Crippen LogP) is 5.29. The van der Waals surface area contributed by atoms with Crippen LogP contribution in [0.25, 0.3) is 31.3 Å². The van der Waals surface area contributed by atoms with Crippen molar-refractivity contribution in [1.29, 1.82) is 0 Å². The first-order valence-corrected chi connectivity index (χ1v) is 10.7. The Bertz CT molecular complexity index is 1410. The standard InChI is InChI=1S/C22H13N3OS2/c26-19-14-7-3-1-5-12(14)10-17(19)27-22-20-18(23-11-24-22)15-9-13-6-2-4-8-16(13)25-21(15)28-20/h1-9,11,17H,10H2/t17-/m0/s1. The summed E-state index contributed by atoms with van der Waals surface area (Å²) >= 11 is 3.15. The molecule has 134 valence electrons. The van der Waals surface area contributed by atoms with Crippen LogP contribution in [-0.2, 0) is 6.42 Å². The third-order valence-electron chi connectivity index (χ3n) is 5.15. The topological polar surface area (TPSA) is 55.7 Å². The molecule has 1 atom stereocenters. The summed E-state index contributed by atoms with van der Waals surface area (Å²) in [5.41, 5.74) is 3.86. The van der Waals surface area contributed by atoms with Crippen molar-refractivity contribution in [2.45, 2.75) is 16.7 Å². The summed E-state index contributed by atoms with van der Waals surface area (Å²) in [6.07, 6.45) is 2.34. The van der Waals surface area contributed by atoms with Gasteiger partial charge in [-0.2, -0.15) is 0 Å². The lowest BCUT2D eigenvalue weighted by Crippen LogP contribution is -2.11. The monoisotopic (exact) mass is 399 g/mol. The van der Waals surface area contributed by atoms with Gasteiger partial charge in [-0.3, -0.25) is 4.79 Å². The lowest BCUT2D eigenvalue weighted by Gasteiger charge is -2.07. The highest BCUT2D eigenvalue weighted by atomic mass is 32.2. The number of thiophene rings is 1.